The van der Waals surface area contributed by atoms with E-state index in [1.54, 1.807) is 38.1 Å². The van der Waals surface area contributed by atoms with E-state index in [1.807, 2.05) is 0 Å². The highest BCUT2D eigenvalue weighted by atomic mass is 16.6. The normalized spacial score (nSPS) is 10.2. The molecule has 0 amide bonds. The molecule has 0 saturated heterocycles. The van der Waals surface area contributed by atoms with Crippen LogP contribution in [0, 0.1) is 29.4 Å². The number of benzene rings is 1. The van der Waals surface area contributed by atoms with Gasteiger partial charge in [0.2, 0.25) is 5.88 Å². The molecule has 1 heterocycles. The third-order valence-electron chi connectivity index (χ3n) is 2.90. The summed E-state index contributed by atoms with van der Waals surface area (Å²) in [5.74, 6) is 0.400. The van der Waals surface area contributed by atoms with Crippen molar-refractivity contribution in [2.24, 2.45) is 5.73 Å². The second kappa shape index (κ2) is 5.58. The second-order valence-corrected chi connectivity index (χ2v) is 4.54. The Morgan fingerprint density at radius 2 is 2.05 bits per heavy atom. The van der Waals surface area contributed by atoms with Crippen molar-refractivity contribution in [3.05, 3.63) is 57.3 Å². The monoisotopic (exact) mass is 286 g/mol. The van der Waals surface area contributed by atoms with Crippen molar-refractivity contribution in [3.63, 3.8) is 0 Å². The van der Waals surface area contributed by atoms with E-state index in [9.17, 15) is 10.1 Å². The van der Waals surface area contributed by atoms with Crippen LogP contribution in [0.25, 0.3) is 0 Å². The van der Waals surface area contributed by atoms with E-state index >= 15 is 0 Å². The maximum atomic E-state index is 11.0. The molecule has 1 aromatic heterocycles. The number of nitrogens with zero attached hydrogens (tertiary/aromatic N) is 2. The molecule has 0 atom stereocenters. The van der Waals surface area contributed by atoms with Gasteiger partial charge in [0, 0.05) is 11.6 Å². The Balaban J connectivity index is 2.39. The first-order chi connectivity index (χ1) is 9.88. The zero-order valence-electron chi connectivity index (χ0n) is 11.6. The highest BCUT2D eigenvalue weighted by Gasteiger charge is 2.15. The molecule has 0 saturated carbocycles. The van der Waals surface area contributed by atoms with Crippen molar-refractivity contribution < 1.29 is 9.66 Å². The van der Waals surface area contributed by atoms with Crippen LogP contribution in [-0.4, -0.2) is 15.7 Å². The summed E-state index contributed by atoms with van der Waals surface area (Å²) in [7, 11) is 0. The average Bonchev–Trinajstić information content (AvgIpc) is 2.41. The molecular weight excluding hydrogens is 272 g/mol. The van der Waals surface area contributed by atoms with E-state index in [0.717, 1.165) is 5.56 Å². The van der Waals surface area contributed by atoms with Gasteiger partial charge in [0.05, 0.1) is 11.0 Å². The number of nitro groups is 1. The minimum atomic E-state index is -0.457. The first-order valence-corrected chi connectivity index (χ1v) is 6.13. The first-order valence-electron chi connectivity index (χ1n) is 6.13. The van der Waals surface area contributed by atoms with Crippen LogP contribution in [-0.2, 0) is 0 Å². The van der Waals surface area contributed by atoms with Gasteiger partial charge >= 0.3 is 0 Å². The number of hydrogen-bond acceptors (Lipinski definition) is 5. The van der Waals surface area contributed by atoms with Gasteiger partial charge in [-0.1, -0.05) is 6.07 Å². The molecule has 0 unspecified atom stereocenters. The Bertz CT molecular complexity index is 728. The summed E-state index contributed by atoms with van der Waals surface area (Å²) in [4.78, 5) is 14.6. The van der Waals surface area contributed by atoms with E-state index in [-0.39, 0.29) is 23.1 Å². The summed E-state index contributed by atoms with van der Waals surface area (Å²) in [6.45, 7) is 3.46. The van der Waals surface area contributed by atoms with Gasteiger partial charge in [-0.3, -0.25) is 15.5 Å². The maximum Gasteiger partial charge on any atom is 0.276 e. The van der Waals surface area contributed by atoms with Crippen LogP contribution in [0.15, 0.2) is 30.3 Å². The lowest BCUT2D eigenvalue weighted by Gasteiger charge is -2.09. The van der Waals surface area contributed by atoms with Gasteiger partial charge in [0.25, 0.3) is 5.69 Å². The lowest BCUT2D eigenvalue weighted by atomic mass is 10.1. The van der Waals surface area contributed by atoms with Crippen molar-refractivity contribution in [3.8, 4) is 11.6 Å². The summed E-state index contributed by atoms with van der Waals surface area (Å²) >= 11 is 0. The third kappa shape index (κ3) is 3.14. The van der Waals surface area contributed by atoms with Crippen molar-refractivity contribution in [1.29, 1.82) is 5.41 Å². The van der Waals surface area contributed by atoms with Crippen molar-refractivity contribution >= 4 is 11.5 Å². The number of nitrogen functional groups attached to an aromatic ring is 1. The molecule has 1 aromatic carbocycles. The van der Waals surface area contributed by atoms with Crippen LogP contribution >= 0.6 is 0 Å². The fourth-order valence-corrected chi connectivity index (χ4v) is 1.86. The number of nitrogens with one attached hydrogen (secondary N) is 1. The van der Waals surface area contributed by atoms with E-state index < -0.39 is 4.92 Å². The summed E-state index contributed by atoms with van der Waals surface area (Å²) in [6, 6.07) is 7.88. The highest BCUT2D eigenvalue weighted by molar-refractivity contribution is 5.93. The van der Waals surface area contributed by atoms with Gasteiger partial charge in [0.1, 0.15) is 17.3 Å². The predicted octanol–water partition coefficient (Wildman–Crippen LogP) is 2.68. The van der Waals surface area contributed by atoms with Crippen LogP contribution in [0.5, 0.6) is 11.6 Å². The minimum Gasteiger partial charge on any atom is -0.438 e. The van der Waals surface area contributed by atoms with Gasteiger partial charge in [-0.2, -0.15) is 0 Å². The van der Waals surface area contributed by atoms with Gasteiger partial charge in [-0.15, -0.1) is 0 Å². The Kier molecular flexibility index (Phi) is 3.84. The number of rotatable bonds is 4. The zero-order chi connectivity index (χ0) is 15.6. The Labute approximate surface area is 121 Å². The Morgan fingerprint density at radius 3 is 2.67 bits per heavy atom. The summed E-state index contributed by atoms with van der Waals surface area (Å²) < 4.78 is 5.58. The maximum absolute atomic E-state index is 11.0. The van der Waals surface area contributed by atoms with E-state index in [0.29, 0.717) is 11.3 Å². The Hall–Kier alpha value is -2.96. The lowest BCUT2D eigenvalue weighted by Crippen LogP contribution is -2.13. The average molecular weight is 286 g/mol. The van der Waals surface area contributed by atoms with Gasteiger partial charge in [-0.05, 0) is 31.5 Å². The second-order valence-electron chi connectivity index (χ2n) is 4.54. The van der Waals surface area contributed by atoms with Gasteiger partial charge in [0.15, 0.2) is 0 Å². The predicted molar refractivity (Wildman–Crippen MR) is 77.9 cm³/mol. The molecule has 0 aliphatic heterocycles. The largest absolute Gasteiger partial charge is 0.438 e. The van der Waals surface area contributed by atoms with Gasteiger partial charge < -0.3 is 10.5 Å². The van der Waals surface area contributed by atoms with Crippen molar-refractivity contribution in [2.45, 2.75) is 13.8 Å². The molecule has 0 fully saturated rings. The number of amidine groups is 1. The number of pyridine rings is 1. The molecule has 2 aromatic rings. The third-order valence-corrected chi connectivity index (χ3v) is 2.90. The molecule has 0 aliphatic rings. The van der Waals surface area contributed by atoms with Crippen LogP contribution in [0.2, 0.25) is 0 Å². The van der Waals surface area contributed by atoms with E-state index in [1.165, 1.54) is 6.07 Å². The smallest absolute Gasteiger partial charge is 0.276 e. The topological polar surface area (TPSA) is 115 Å². The molecule has 0 bridgehead atoms. The number of nitro benzene ring substituents is 1. The van der Waals surface area contributed by atoms with Crippen molar-refractivity contribution in [2.75, 3.05) is 0 Å². The van der Waals surface area contributed by atoms with E-state index in [2.05, 4.69) is 4.98 Å². The SMILES string of the molecule is Cc1cc(C)c([N+](=O)[O-])cc1Oc1cccc(C(=N)N)n1. The summed E-state index contributed by atoms with van der Waals surface area (Å²) in [5.41, 5.74) is 6.96. The van der Waals surface area contributed by atoms with Crippen LogP contribution < -0.4 is 10.5 Å². The molecule has 7 heteroatoms. The van der Waals surface area contributed by atoms with Crippen molar-refractivity contribution in [1.82, 2.24) is 4.98 Å². The molecule has 21 heavy (non-hydrogen) atoms. The Morgan fingerprint density at radius 1 is 1.33 bits per heavy atom. The van der Waals surface area contributed by atoms with E-state index in [4.69, 9.17) is 15.9 Å². The fraction of sp³-hybridized carbons (Fsp3) is 0.143. The number of ether oxygens (including phenoxy) is 1. The van der Waals surface area contributed by atoms with Crippen LogP contribution in [0.4, 0.5) is 5.69 Å². The minimum absolute atomic E-state index is 0.0154. The zero-order valence-corrected chi connectivity index (χ0v) is 11.6. The quantitative estimate of drug-likeness (QED) is 0.388. The lowest BCUT2D eigenvalue weighted by molar-refractivity contribution is -0.385. The summed E-state index contributed by atoms with van der Waals surface area (Å²) in [6.07, 6.45) is 0. The van der Waals surface area contributed by atoms with Crippen LogP contribution in [0.1, 0.15) is 16.8 Å². The number of hydrogen-bond donors (Lipinski definition) is 2. The molecule has 3 N–H and O–H groups in total. The molecule has 0 spiro atoms. The molecule has 2 rings (SSSR count). The molecule has 7 nitrogen and oxygen atoms in total. The standard InChI is InChI=1S/C14H14N4O3/c1-8-6-9(2)12(7-11(8)18(19)20)21-13-5-3-4-10(17-13)14(15)16/h3-7H,1-2H3,(H3,15,16). The summed E-state index contributed by atoms with van der Waals surface area (Å²) in [5, 5.41) is 18.3. The number of aromatic nitrogens is 1. The number of aryl methyl sites for hydroxylation is 2. The van der Waals surface area contributed by atoms with Crippen LogP contribution in [0.3, 0.4) is 0 Å². The first kappa shape index (κ1) is 14.4. The molecular formula is C14H14N4O3. The van der Waals surface area contributed by atoms with Gasteiger partial charge in [-0.25, -0.2) is 4.98 Å². The molecule has 108 valence electrons. The highest BCUT2D eigenvalue weighted by Crippen LogP contribution is 2.30. The fourth-order valence-electron chi connectivity index (χ4n) is 1.86. The molecule has 0 radical (unpaired) electrons. The number of nitrogens with two attached hydrogens (primary N) is 1. The molecule has 0 aliphatic carbocycles.